The van der Waals surface area contributed by atoms with Crippen LogP contribution in [0.15, 0.2) is 11.8 Å². The molecule has 0 saturated carbocycles. The minimum Gasteiger partial charge on any atom is -0.480 e. The van der Waals surface area contributed by atoms with Crippen molar-refractivity contribution in [2.45, 2.75) is 19.9 Å². The van der Waals surface area contributed by atoms with E-state index in [1.165, 1.54) is 13.1 Å². The molecule has 0 fully saturated rings. The van der Waals surface area contributed by atoms with Gasteiger partial charge in [0.15, 0.2) is 0 Å². The minimum atomic E-state index is -1.15. The molecule has 0 bridgehead atoms. The third-order valence-corrected chi connectivity index (χ3v) is 1.53. The van der Waals surface area contributed by atoms with Crippen LogP contribution in [-0.2, 0) is 9.59 Å². The molecule has 15 heavy (non-hydrogen) atoms. The van der Waals surface area contributed by atoms with Gasteiger partial charge in [-0.25, -0.2) is 0 Å². The second-order valence-electron chi connectivity index (χ2n) is 2.76. The first-order chi connectivity index (χ1) is 7.02. The molecule has 0 saturated heterocycles. The molecule has 0 aromatic heterocycles. The highest BCUT2D eigenvalue weighted by atomic mass is 16.4. The molecule has 0 spiro atoms. The van der Waals surface area contributed by atoms with Crippen molar-refractivity contribution in [2.75, 3.05) is 6.54 Å². The third-order valence-electron chi connectivity index (χ3n) is 1.53. The SMILES string of the molecule is CCN/C=C(/C#N)C(=O)NC(C)C(=O)O. The Labute approximate surface area is 87.6 Å². The van der Waals surface area contributed by atoms with Crippen LogP contribution in [0.1, 0.15) is 13.8 Å². The lowest BCUT2D eigenvalue weighted by atomic mass is 10.2. The smallest absolute Gasteiger partial charge is 0.325 e. The first-order valence-electron chi connectivity index (χ1n) is 4.40. The molecule has 82 valence electrons. The zero-order valence-electron chi connectivity index (χ0n) is 8.57. The molecular formula is C9H13N3O3. The quantitative estimate of drug-likeness (QED) is 0.424. The van der Waals surface area contributed by atoms with Crippen LogP contribution in [-0.4, -0.2) is 29.6 Å². The molecule has 0 radical (unpaired) electrons. The van der Waals surface area contributed by atoms with Crippen molar-refractivity contribution < 1.29 is 14.7 Å². The van der Waals surface area contributed by atoms with Crippen LogP contribution in [0.4, 0.5) is 0 Å². The summed E-state index contributed by atoms with van der Waals surface area (Å²) < 4.78 is 0. The molecule has 0 heterocycles. The van der Waals surface area contributed by atoms with Crippen LogP contribution in [0.5, 0.6) is 0 Å². The summed E-state index contributed by atoms with van der Waals surface area (Å²) in [5.41, 5.74) is -0.148. The number of carbonyl (C=O) groups is 2. The molecule has 0 aromatic rings. The van der Waals surface area contributed by atoms with Gasteiger partial charge in [-0.3, -0.25) is 9.59 Å². The van der Waals surface area contributed by atoms with Gasteiger partial charge < -0.3 is 15.7 Å². The monoisotopic (exact) mass is 211 g/mol. The van der Waals surface area contributed by atoms with E-state index in [0.717, 1.165) is 0 Å². The molecule has 0 aliphatic rings. The molecule has 0 rings (SSSR count). The van der Waals surface area contributed by atoms with E-state index >= 15 is 0 Å². The highest BCUT2D eigenvalue weighted by molar-refractivity contribution is 5.98. The third kappa shape index (κ3) is 4.67. The molecule has 0 aromatic carbocycles. The lowest BCUT2D eigenvalue weighted by Gasteiger charge is -2.08. The van der Waals surface area contributed by atoms with Crippen LogP contribution in [0.2, 0.25) is 0 Å². The lowest BCUT2D eigenvalue weighted by molar-refractivity contribution is -0.140. The Morgan fingerprint density at radius 2 is 2.20 bits per heavy atom. The normalized spacial score (nSPS) is 12.5. The van der Waals surface area contributed by atoms with Crippen molar-refractivity contribution >= 4 is 11.9 Å². The fraction of sp³-hybridized carbons (Fsp3) is 0.444. The predicted molar refractivity (Wildman–Crippen MR) is 52.6 cm³/mol. The number of carboxylic acids is 1. The van der Waals surface area contributed by atoms with Crippen molar-refractivity contribution in [3.63, 3.8) is 0 Å². The Bertz CT molecular complexity index is 317. The van der Waals surface area contributed by atoms with Gasteiger partial charge in [0.05, 0.1) is 0 Å². The van der Waals surface area contributed by atoms with Crippen molar-refractivity contribution in [1.82, 2.24) is 10.6 Å². The summed E-state index contributed by atoms with van der Waals surface area (Å²) in [4.78, 5) is 21.7. The zero-order chi connectivity index (χ0) is 11.8. The van der Waals surface area contributed by atoms with Crippen LogP contribution in [0, 0.1) is 11.3 Å². The van der Waals surface area contributed by atoms with E-state index in [-0.39, 0.29) is 5.57 Å². The Kier molecular flexibility index (Phi) is 5.56. The summed E-state index contributed by atoms with van der Waals surface area (Å²) in [5, 5.41) is 22.0. The molecule has 0 aliphatic heterocycles. The molecule has 0 aliphatic carbocycles. The Morgan fingerprint density at radius 1 is 1.60 bits per heavy atom. The van der Waals surface area contributed by atoms with E-state index in [1.807, 2.05) is 6.92 Å². The number of hydrogen-bond donors (Lipinski definition) is 3. The highest BCUT2D eigenvalue weighted by Crippen LogP contribution is 1.92. The molecule has 3 N–H and O–H groups in total. The maximum absolute atomic E-state index is 11.3. The number of nitrogens with one attached hydrogen (secondary N) is 2. The van der Waals surface area contributed by atoms with Gasteiger partial charge in [0.25, 0.3) is 5.91 Å². The summed E-state index contributed by atoms with van der Waals surface area (Å²) >= 11 is 0. The molecule has 6 heteroatoms. The number of amides is 1. The topological polar surface area (TPSA) is 102 Å². The minimum absolute atomic E-state index is 0.148. The van der Waals surface area contributed by atoms with Gasteiger partial charge in [-0.15, -0.1) is 0 Å². The van der Waals surface area contributed by atoms with Crippen molar-refractivity contribution in [3.8, 4) is 6.07 Å². The summed E-state index contributed by atoms with van der Waals surface area (Å²) in [6.07, 6.45) is 1.25. The highest BCUT2D eigenvalue weighted by Gasteiger charge is 2.16. The number of hydrogen-bond acceptors (Lipinski definition) is 4. The van der Waals surface area contributed by atoms with Gasteiger partial charge in [0.1, 0.15) is 17.7 Å². The summed E-state index contributed by atoms with van der Waals surface area (Å²) in [7, 11) is 0. The summed E-state index contributed by atoms with van der Waals surface area (Å²) in [6.45, 7) is 3.71. The van der Waals surface area contributed by atoms with Crippen molar-refractivity contribution in [1.29, 1.82) is 5.26 Å². The average molecular weight is 211 g/mol. The Morgan fingerprint density at radius 3 is 2.60 bits per heavy atom. The Balaban J connectivity index is 4.43. The maximum atomic E-state index is 11.3. The van der Waals surface area contributed by atoms with E-state index in [2.05, 4.69) is 10.6 Å². The second-order valence-corrected chi connectivity index (χ2v) is 2.76. The first-order valence-corrected chi connectivity index (χ1v) is 4.40. The molecule has 1 unspecified atom stereocenters. The second kappa shape index (κ2) is 6.43. The zero-order valence-corrected chi connectivity index (χ0v) is 8.57. The number of carboxylic acid groups (broad SMARTS) is 1. The van der Waals surface area contributed by atoms with Crippen LogP contribution >= 0.6 is 0 Å². The first kappa shape index (κ1) is 13.0. The van der Waals surface area contributed by atoms with E-state index in [1.54, 1.807) is 6.07 Å². The van der Waals surface area contributed by atoms with Gasteiger partial charge in [0.2, 0.25) is 0 Å². The van der Waals surface area contributed by atoms with Gasteiger partial charge in [-0.1, -0.05) is 0 Å². The lowest BCUT2D eigenvalue weighted by Crippen LogP contribution is -2.39. The van der Waals surface area contributed by atoms with Crippen LogP contribution in [0.3, 0.4) is 0 Å². The largest absolute Gasteiger partial charge is 0.480 e. The van der Waals surface area contributed by atoms with Crippen molar-refractivity contribution in [2.24, 2.45) is 0 Å². The van der Waals surface area contributed by atoms with E-state index in [4.69, 9.17) is 10.4 Å². The number of nitrogens with zero attached hydrogens (tertiary/aromatic N) is 1. The van der Waals surface area contributed by atoms with Gasteiger partial charge in [0, 0.05) is 12.7 Å². The standard InChI is InChI=1S/C9H13N3O3/c1-3-11-5-7(4-10)8(13)12-6(2)9(14)15/h5-6,11H,3H2,1-2H3,(H,12,13)(H,14,15)/b7-5-. The van der Waals surface area contributed by atoms with E-state index in [9.17, 15) is 9.59 Å². The van der Waals surface area contributed by atoms with Gasteiger partial charge in [-0.05, 0) is 13.8 Å². The molecular weight excluding hydrogens is 198 g/mol. The van der Waals surface area contributed by atoms with Crippen LogP contribution < -0.4 is 10.6 Å². The molecule has 1 atom stereocenters. The van der Waals surface area contributed by atoms with Gasteiger partial charge >= 0.3 is 5.97 Å². The van der Waals surface area contributed by atoms with Gasteiger partial charge in [-0.2, -0.15) is 5.26 Å². The average Bonchev–Trinajstić information content (AvgIpc) is 2.18. The number of nitriles is 1. The summed E-state index contributed by atoms with van der Waals surface area (Å²) in [5.74, 6) is -1.85. The van der Waals surface area contributed by atoms with Crippen molar-refractivity contribution in [3.05, 3.63) is 11.8 Å². The number of rotatable bonds is 5. The van der Waals surface area contributed by atoms with E-state index in [0.29, 0.717) is 6.54 Å². The molecule has 6 nitrogen and oxygen atoms in total. The number of carbonyl (C=O) groups excluding carboxylic acids is 1. The fourth-order valence-corrected chi connectivity index (χ4v) is 0.689. The fourth-order valence-electron chi connectivity index (χ4n) is 0.689. The van der Waals surface area contributed by atoms with Crippen LogP contribution in [0.25, 0.3) is 0 Å². The maximum Gasteiger partial charge on any atom is 0.325 e. The summed E-state index contributed by atoms with van der Waals surface area (Å²) in [6, 6.07) is 0.657. The Hall–Kier alpha value is -2.03. The van der Waals surface area contributed by atoms with E-state index < -0.39 is 17.9 Å². The molecule has 1 amide bonds. The predicted octanol–water partition coefficient (Wildman–Crippen LogP) is -0.407. The number of aliphatic carboxylic acids is 1.